The number of aryl methyl sites for hydroxylation is 2. The number of hydrogen-bond donors (Lipinski definition) is 0. The van der Waals surface area contributed by atoms with Crippen LogP contribution >= 0.6 is 22.9 Å². The molecule has 19 heavy (non-hydrogen) atoms. The summed E-state index contributed by atoms with van der Waals surface area (Å²) in [5, 5.41) is 0.709. The Morgan fingerprint density at radius 3 is 2.58 bits per heavy atom. The van der Waals surface area contributed by atoms with Crippen LogP contribution in [0.15, 0.2) is 17.1 Å². The van der Waals surface area contributed by atoms with E-state index in [0.717, 1.165) is 15.8 Å². The Hall–Kier alpha value is -1.13. The average molecular weight is 297 g/mol. The van der Waals surface area contributed by atoms with Gasteiger partial charge in [0, 0.05) is 17.5 Å². The fraction of sp³-hybridized carbons (Fsp3) is 0.429. The van der Waals surface area contributed by atoms with Crippen LogP contribution < -0.4 is 4.80 Å². The van der Waals surface area contributed by atoms with E-state index < -0.39 is 5.41 Å². The Morgan fingerprint density at radius 2 is 2.00 bits per heavy atom. The van der Waals surface area contributed by atoms with Gasteiger partial charge in [0.15, 0.2) is 4.80 Å². The fourth-order valence-corrected chi connectivity index (χ4v) is 3.30. The van der Waals surface area contributed by atoms with Crippen molar-refractivity contribution in [3.05, 3.63) is 27.5 Å². The molecule has 1 aromatic carbocycles. The minimum atomic E-state index is -0.462. The molecule has 2 aromatic rings. The van der Waals surface area contributed by atoms with Crippen molar-refractivity contribution in [3.63, 3.8) is 0 Å². The second kappa shape index (κ2) is 4.76. The molecular weight excluding hydrogens is 280 g/mol. The minimum Gasteiger partial charge on any atom is -0.319 e. The van der Waals surface area contributed by atoms with Crippen molar-refractivity contribution in [1.82, 2.24) is 4.57 Å². The molecular formula is C14H17ClN2OS. The Balaban J connectivity index is 2.71. The smallest absolute Gasteiger partial charge is 0.253 e. The molecule has 0 fully saturated rings. The van der Waals surface area contributed by atoms with Gasteiger partial charge >= 0.3 is 0 Å². The summed E-state index contributed by atoms with van der Waals surface area (Å²) < 4.78 is 3.00. The van der Waals surface area contributed by atoms with Crippen molar-refractivity contribution in [1.29, 1.82) is 0 Å². The van der Waals surface area contributed by atoms with Crippen LogP contribution in [-0.4, -0.2) is 10.5 Å². The number of benzene rings is 1. The molecule has 0 N–H and O–H groups in total. The van der Waals surface area contributed by atoms with Gasteiger partial charge in [-0.25, -0.2) is 0 Å². The fourth-order valence-electron chi connectivity index (χ4n) is 1.83. The van der Waals surface area contributed by atoms with Crippen molar-refractivity contribution in [3.8, 4) is 0 Å². The molecule has 3 nitrogen and oxygen atoms in total. The zero-order valence-electron chi connectivity index (χ0n) is 11.7. The number of halogens is 1. The maximum atomic E-state index is 12.0. The van der Waals surface area contributed by atoms with Gasteiger partial charge in [0.2, 0.25) is 0 Å². The summed E-state index contributed by atoms with van der Waals surface area (Å²) in [7, 11) is 1.93. The third-order valence-electron chi connectivity index (χ3n) is 2.89. The van der Waals surface area contributed by atoms with Gasteiger partial charge in [-0.1, -0.05) is 43.7 Å². The molecule has 0 bridgehead atoms. The largest absolute Gasteiger partial charge is 0.319 e. The highest BCUT2D eigenvalue weighted by atomic mass is 35.5. The predicted molar refractivity (Wildman–Crippen MR) is 80.6 cm³/mol. The van der Waals surface area contributed by atoms with Crippen LogP contribution in [0.2, 0.25) is 5.02 Å². The van der Waals surface area contributed by atoms with Crippen molar-refractivity contribution in [2.45, 2.75) is 27.7 Å². The third kappa shape index (κ3) is 2.74. The van der Waals surface area contributed by atoms with E-state index >= 15 is 0 Å². The summed E-state index contributed by atoms with van der Waals surface area (Å²) >= 11 is 7.55. The first-order chi connectivity index (χ1) is 8.70. The van der Waals surface area contributed by atoms with Crippen LogP contribution in [0.1, 0.15) is 26.3 Å². The number of thiazole rings is 1. The van der Waals surface area contributed by atoms with Crippen LogP contribution in [-0.2, 0) is 11.8 Å². The van der Waals surface area contributed by atoms with Gasteiger partial charge in [-0.15, -0.1) is 0 Å². The molecule has 102 valence electrons. The molecule has 0 aliphatic rings. The van der Waals surface area contributed by atoms with Crippen LogP contribution in [0, 0.1) is 12.3 Å². The highest BCUT2D eigenvalue weighted by molar-refractivity contribution is 7.16. The standard InChI is InChI=1S/C14H17ClN2OS/c1-8-6-9(15)7-10-11(8)17(5)13(19-10)16-12(18)14(2,3)4/h6-7H,1-5H3. The molecule has 1 aromatic heterocycles. The maximum absolute atomic E-state index is 12.0. The highest BCUT2D eigenvalue weighted by Gasteiger charge is 2.21. The van der Waals surface area contributed by atoms with Crippen molar-refractivity contribution >= 4 is 39.1 Å². The third-order valence-corrected chi connectivity index (χ3v) is 4.19. The van der Waals surface area contributed by atoms with E-state index in [-0.39, 0.29) is 5.91 Å². The van der Waals surface area contributed by atoms with Crippen LogP contribution in [0.5, 0.6) is 0 Å². The van der Waals surface area contributed by atoms with E-state index in [9.17, 15) is 4.79 Å². The number of nitrogens with zero attached hydrogens (tertiary/aromatic N) is 2. The molecule has 0 radical (unpaired) electrons. The van der Waals surface area contributed by atoms with Gasteiger partial charge in [0.1, 0.15) is 0 Å². The highest BCUT2D eigenvalue weighted by Crippen LogP contribution is 2.25. The lowest BCUT2D eigenvalue weighted by molar-refractivity contribution is -0.125. The lowest BCUT2D eigenvalue weighted by Gasteiger charge is -2.11. The summed E-state index contributed by atoms with van der Waals surface area (Å²) in [5.41, 5.74) is 1.70. The number of carbonyl (C=O) groups excluding carboxylic acids is 1. The Bertz CT molecular complexity index is 719. The van der Waals surface area contributed by atoms with Crippen molar-refractivity contribution < 1.29 is 4.79 Å². The van der Waals surface area contributed by atoms with E-state index in [1.54, 1.807) is 0 Å². The molecule has 1 heterocycles. The molecule has 5 heteroatoms. The normalized spacial score (nSPS) is 13.3. The van der Waals surface area contributed by atoms with Gasteiger partial charge in [0.05, 0.1) is 10.2 Å². The SMILES string of the molecule is Cc1cc(Cl)cc2sc(=NC(=O)C(C)(C)C)n(C)c12. The number of carbonyl (C=O) groups is 1. The lowest BCUT2D eigenvalue weighted by atomic mass is 9.96. The summed E-state index contributed by atoms with van der Waals surface area (Å²) in [4.78, 5) is 17.0. The molecule has 0 saturated carbocycles. The molecule has 0 atom stereocenters. The minimum absolute atomic E-state index is 0.113. The van der Waals surface area contributed by atoms with Crippen LogP contribution in [0.4, 0.5) is 0 Å². The first-order valence-corrected chi connectivity index (χ1v) is 7.24. The Morgan fingerprint density at radius 1 is 1.37 bits per heavy atom. The zero-order chi connectivity index (χ0) is 14.4. The molecule has 0 aliphatic heterocycles. The number of aromatic nitrogens is 1. The van der Waals surface area contributed by atoms with E-state index in [1.165, 1.54) is 11.3 Å². The maximum Gasteiger partial charge on any atom is 0.253 e. The molecule has 0 spiro atoms. The van der Waals surface area contributed by atoms with E-state index in [4.69, 9.17) is 11.6 Å². The van der Waals surface area contributed by atoms with Gasteiger partial charge in [-0.3, -0.25) is 4.79 Å². The van der Waals surface area contributed by atoms with Gasteiger partial charge in [-0.05, 0) is 24.6 Å². The van der Waals surface area contributed by atoms with Gasteiger partial charge in [-0.2, -0.15) is 4.99 Å². The van der Waals surface area contributed by atoms with Crippen molar-refractivity contribution in [2.75, 3.05) is 0 Å². The number of fused-ring (bicyclic) bond motifs is 1. The second-order valence-corrected chi connectivity index (χ2v) is 7.13. The molecule has 1 amide bonds. The van der Waals surface area contributed by atoms with E-state index in [1.807, 2.05) is 51.4 Å². The summed E-state index contributed by atoms with van der Waals surface area (Å²) in [5.74, 6) is -0.113. The molecule has 0 unspecified atom stereocenters. The lowest BCUT2D eigenvalue weighted by Crippen LogP contribution is -2.22. The summed E-state index contributed by atoms with van der Waals surface area (Å²) in [6.45, 7) is 7.62. The summed E-state index contributed by atoms with van der Waals surface area (Å²) in [6.07, 6.45) is 0. The quantitative estimate of drug-likeness (QED) is 0.730. The first-order valence-electron chi connectivity index (χ1n) is 6.05. The monoisotopic (exact) mass is 296 g/mol. The topological polar surface area (TPSA) is 34.4 Å². The van der Waals surface area contributed by atoms with Crippen molar-refractivity contribution in [2.24, 2.45) is 17.5 Å². The van der Waals surface area contributed by atoms with E-state index in [2.05, 4.69) is 4.99 Å². The first kappa shape index (κ1) is 14.3. The predicted octanol–water partition coefficient (Wildman–Crippen LogP) is 3.68. The van der Waals surface area contributed by atoms with Crippen LogP contribution in [0.25, 0.3) is 10.2 Å². The second-order valence-electron chi connectivity index (χ2n) is 5.68. The Kier molecular flexibility index (Phi) is 3.58. The van der Waals surface area contributed by atoms with Gasteiger partial charge in [0.25, 0.3) is 5.91 Å². The molecule has 0 aliphatic carbocycles. The van der Waals surface area contributed by atoms with E-state index in [0.29, 0.717) is 9.82 Å². The number of hydrogen-bond acceptors (Lipinski definition) is 2. The van der Waals surface area contributed by atoms with Crippen LogP contribution in [0.3, 0.4) is 0 Å². The number of rotatable bonds is 0. The number of amides is 1. The Labute approximate surface area is 121 Å². The molecule has 0 saturated heterocycles. The zero-order valence-corrected chi connectivity index (χ0v) is 13.3. The van der Waals surface area contributed by atoms with Gasteiger partial charge < -0.3 is 4.57 Å². The molecule has 2 rings (SSSR count). The summed E-state index contributed by atoms with van der Waals surface area (Å²) in [6, 6.07) is 3.83. The average Bonchev–Trinajstić information content (AvgIpc) is 2.54.